The van der Waals surface area contributed by atoms with Crippen LogP contribution in [0.5, 0.6) is 0 Å². The minimum absolute atomic E-state index is 0.355. The molecule has 0 atom stereocenters. The van der Waals surface area contributed by atoms with Gasteiger partial charge < -0.3 is 14.0 Å². The Balaban J connectivity index is 2.84. The van der Waals surface area contributed by atoms with Crippen LogP contribution in [0.15, 0.2) is 11.5 Å². The maximum atomic E-state index is 11.5. The van der Waals surface area contributed by atoms with E-state index < -0.39 is 18.3 Å². The van der Waals surface area contributed by atoms with E-state index in [9.17, 15) is 4.79 Å². The van der Waals surface area contributed by atoms with Crippen LogP contribution in [-0.2, 0) is 18.8 Å². The Kier molecular flexibility index (Phi) is 5.84. The molecule has 0 radical (unpaired) electrons. The van der Waals surface area contributed by atoms with Crippen LogP contribution in [0.3, 0.4) is 0 Å². The van der Waals surface area contributed by atoms with E-state index in [-0.39, 0.29) is 5.97 Å². The Bertz CT molecular complexity index is 358. The smallest absolute Gasteiger partial charge is 0.466 e. The van der Waals surface area contributed by atoms with Gasteiger partial charge in [-0.05, 0) is 39.6 Å². The number of ether oxygens (including phenoxy) is 1. The molecule has 0 bridgehead atoms. The van der Waals surface area contributed by atoms with Gasteiger partial charge in [0.05, 0.1) is 18.3 Å². The van der Waals surface area contributed by atoms with Crippen LogP contribution >= 0.6 is 0 Å². The monoisotopic (exact) mass is 282 g/mol. The average molecular weight is 282 g/mol. The van der Waals surface area contributed by atoms with E-state index >= 15 is 0 Å². The third-order valence-corrected chi connectivity index (χ3v) is 4.13. The van der Waals surface area contributed by atoms with Crippen molar-refractivity contribution >= 4 is 13.1 Å². The van der Waals surface area contributed by atoms with Crippen LogP contribution in [-0.4, -0.2) is 31.4 Å². The van der Waals surface area contributed by atoms with Crippen LogP contribution < -0.4 is 0 Å². The first-order chi connectivity index (χ1) is 9.23. The van der Waals surface area contributed by atoms with Crippen molar-refractivity contribution in [1.82, 2.24) is 0 Å². The van der Waals surface area contributed by atoms with Gasteiger partial charge in [0, 0.05) is 6.08 Å². The molecule has 1 aliphatic heterocycles. The Labute approximate surface area is 123 Å². The third kappa shape index (κ3) is 4.09. The Morgan fingerprint density at radius 1 is 1.15 bits per heavy atom. The molecule has 1 aliphatic rings. The van der Waals surface area contributed by atoms with Crippen molar-refractivity contribution in [1.29, 1.82) is 0 Å². The summed E-state index contributed by atoms with van der Waals surface area (Å²) in [6.07, 6.45) is 5.58. The SMILES string of the molecule is CCCCCC(=CC(=O)OC)B1OC(C)(C)C(C)(C)O1. The molecule has 0 aromatic rings. The van der Waals surface area contributed by atoms with E-state index in [0.29, 0.717) is 0 Å². The molecule has 4 nitrogen and oxygen atoms in total. The second-order valence-corrected chi connectivity index (χ2v) is 6.29. The molecule has 0 aliphatic carbocycles. The van der Waals surface area contributed by atoms with Gasteiger partial charge in [-0.25, -0.2) is 4.79 Å². The largest absolute Gasteiger partial charge is 0.490 e. The number of hydrogen-bond acceptors (Lipinski definition) is 4. The molecular formula is C15H27BO4. The summed E-state index contributed by atoms with van der Waals surface area (Å²) in [5.41, 5.74) is 0.0823. The van der Waals surface area contributed by atoms with Gasteiger partial charge in [-0.2, -0.15) is 0 Å². The quantitative estimate of drug-likeness (QED) is 0.324. The number of unbranched alkanes of at least 4 members (excludes halogenated alkanes) is 2. The molecule has 20 heavy (non-hydrogen) atoms. The Morgan fingerprint density at radius 3 is 2.15 bits per heavy atom. The zero-order valence-corrected chi connectivity index (χ0v) is 13.6. The van der Waals surface area contributed by atoms with Gasteiger partial charge in [0.2, 0.25) is 0 Å². The molecule has 114 valence electrons. The first-order valence-corrected chi connectivity index (χ1v) is 7.37. The lowest BCUT2D eigenvalue weighted by Crippen LogP contribution is -2.41. The highest BCUT2D eigenvalue weighted by molar-refractivity contribution is 6.55. The van der Waals surface area contributed by atoms with Crippen molar-refractivity contribution in [2.24, 2.45) is 0 Å². The number of methoxy groups -OCH3 is 1. The predicted molar refractivity (Wildman–Crippen MR) is 80.3 cm³/mol. The number of carbonyl (C=O) groups excluding carboxylic acids is 1. The van der Waals surface area contributed by atoms with E-state index in [1.54, 1.807) is 0 Å². The lowest BCUT2D eigenvalue weighted by molar-refractivity contribution is -0.134. The van der Waals surface area contributed by atoms with E-state index in [1.165, 1.54) is 13.2 Å². The van der Waals surface area contributed by atoms with Gasteiger partial charge in [0.1, 0.15) is 0 Å². The molecular weight excluding hydrogens is 255 g/mol. The maximum Gasteiger partial charge on any atom is 0.490 e. The van der Waals surface area contributed by atoms with Crippen molar-refractivity contribution in [3.05, 3.63) is 11.5 Å². The molecule has 0 unspecified atom stereocenters. The van der Waals surface area contributed by atoms with Gasteiger partial charge in [-0.3, -0.25) is 0 Å². The normalized spacial score (nSPS) is 21.1. The number of hydrogen-bond donors (Lipinski definition) is 0. The van der Waals surface area contributed by atoms with E-state index in [4.69, 9.17) is 14.0 Å². The summed E-state index contributed by atoms with van der Waals surface area (Å²) in [5, 5.41) is 0. The summed E-state index contributed by atoms with van der Waals surface area (Å²) in [6.45, 7) is 10.2. The van der Waals surface area contributed by atoms with Gasteiger partial charge in [-0.1, -0.05) is 26.2 Å². The van der Waals surface area contributed by atoms with Crippen LogP contribution in [0.2, 0.25) is 0 Å². The number of rotatable bonds is 6. The minimum Gasteiger partial charge on any atom is -0.466 e. The summed E-state index contributed by atoms with van der Waals surface area (Å²) in [5.74, 6) is -0.355. The average Bonchev–Trinajstić information content (AvgIpc) is 2.57. The van der Waals surface area contributed by atoms with Crippen molar-refractivity contribution in [2.45, 2.75) is 71.5 Å². The van der Waals surface area contributed by atoms with E-state index in [1.807, 2.05) is 27.7 Å². The summed E-state index contributed by atoms with van der Waals surface area (Å²) in [4.78, 5) is 11.5. The molecule has 0 saturated carbocycles. The van der Waals surface area contributed by atoms with E-state index in [2.05, 4.69) is 6.92 Å². The molecule has 0 amide bonds. The van der Waals surface area contributed by atoms with Crippen LogP contribution in [0.4, 0.5) is 0 Å². The molecule has 0 aromatic heterocycles. The summed E-state index contributed by atoms with van der Waals surface area (Å²) in [7, 11) is 0.920. The highest BCUT2D eigenvalue weighted by atomic mass is 16.7. The molecule has 0 N–H and O–H groups in total. The zero-order valence-electron chi connectivity index (χ0n) is 13.6. The second kappa shape index (κ2) is 6.77. The molecule has 0 aromatic carbocycles. The zero-order chi connectivity index (χ0) is 15.4. The van der Waals surface area contributed by atoms with Crippen molar-refractivity contribution in [3.8, 4) is 0 Å². The minimum atomic E-state index is -0.462. The first kappa shape index (κ1) is 17.2. The van der Waals surface area contributed by atoms with Crippen LogP contribution in [0.25, 0.3) is 0 Å². The van der Waals surface area contributed by atoms with Gasteiger partial charge >= 0.3 is 13.1 Å². The molecule has 1 saturated heterocycles. The van der Waals surface area contributed by atoms with Crippen LogP contribution in [0.1, 0.15) is 60.3 Å². The molecule has 0 spiro atoms. The summed E-state index contributed by atoms with van der Waals surface area (Å²) < 4.78 is 16.7. The lowest BCUT2D eigenvalue weighted by Gasteiger charge is -2.32. The fourth-order valence-electron chi connectivity index (χ4n) is 2.04. The van der Waals surface area contributed by atoms with Gasteiger partial charge in [0.25, 0.3) is 0 Å². The van der Waals surface area contributed by atoms with Crippen molar-refractivity contribution in [3.63, 3.8) is 0 Å². The fraction of sp³-hybridized carbons (Fsp3) is 0.800. The molecule has 1 rings (SSSR count). The van der Waals surface area contributed by atoms with Gasteiger partial charge in [-0.15, -0.1) is 0 Å². The fourth-order valence-corrected chi connectivity index (χ4v) is 2.04. The highest BCUT2D eigenvalue weighted by Gasteiger charge is 2.52. The summed E-state index contributed by atoms with van der Waals surface area (Å²) >= 11 is 0. The highest BCUT2D eigenvalue weighted by Crippen LogP contribution is 2.39. The van der Waals surface area contributed by atoms with Crippen molar-refractivity contribution < 1.29 is 18.8 Å². The Hall–Kier alpha value is -0.805. The van der Waals surface area contributed by atoms with Gasteiger partial charge in [0.15, 0.2) is 0 Å². The molecule has 1 heterocycles. The third-order valence-electron chi connectivity index (χ3n) is 4.13. The topological polar surface area (TPSA) is 44.8 Å². The van der Waals surface area contributed by atoms with Crippen LogP contribution in [0, 0.1) is 0 Å². The predicted octanol–water partition coefficient (Wildman–Crippen LogP) is 3.30. The number of allylic oxidation sites excluding steroid dienone is 1. The maximum absolute atomic E-state index is 11.5. The van der Waals surface area contributed by atoms with E-state index in [0.717, 1.165) is 31.2 Å². The molecule has 1 fully saturated rings. The Morgan fingerprint density at radius 2 is 1.70 bits per heavy atom. The molecule has 5 heteroatoms. The number of esters is 1. The standard InChI is InChI=1S/C15H27BO4/c1-7-8-9-10-12(11-13(17)18-6)16-19-14(2,3)15(4,5)20-16/h11H,7-10H2,1-6H3. The second-order valence-electron chi connectivity index (χ2n) is 6.29. The first-order valence-electron chi connectivity index (χ1n) is 7.37. The summed E-state index contributed by atoms with van der Waals surface area (Å²) in [6, 6.07) is 0. The van der Waals surface area contributed by atoms with Crippen molar-refractivity contribution in [2.75, 3.05) is 7.11 Å². The lowest BCUT2D eigenvalue weighted by atomic mass is 9.75. The number of carbonyl (C=O) groups is 1.